The first kappa shape index (κ1) is 22.9. The average molecular weight is 476 g/mol. The predicted molar refractivity (Wildman–Crippen MR) is 125 cm³/mol. The van der Waals surface area contributed by atoms with Crippen LogP contribution in [-0.2, 0) is 22.4 Å². The van der Waals surface area contributed by atoms with Gasteiger partial charge in [-0.1, -0.05) is 29.3 Å². The molecule has 6 nitrogen and oxygen atoms in total. The molecule has 1 atom stereocenters. The van der Waals surface area contributed by atoms with Gasteiger partial charge < -0.3 is 15.7 Å². The van der Waals surface area contributed by atoms with Gasteiger partial charge in [0, 0.05) is 28.2 Å². The molecule has 0 bridgehead atoms. The second-order valence-electron chi connectivity index (χ2n) is 8.78. The molecule has 8 heteroatoms. The van der Waals surface area contributed by atoms with Crippen LogP contribution in [0, 0.1) is 11.8 Å². The second-order valence-corrected chi connectivity index (χ2v) is 9.65. The fourth-order valence-electron chi connectivity index (χ4n) is 4.54. The van der Waals surface area contributed by atoms with E-state index in [9.17, 15) is 14.7 Å². The maximum absolute atomic E-state index is 12.8. The number of nitrogens with zero attached hydrogens (tertiary/aromatic N) is 1. The molecule has 1 aromatic carbocycles. The topological polar surface area (TPSA) is 91.3 Å². The SMILES string of the molecule is O=C(O)C[C@H](NC(=O)[C@H]1C[C@H](CCc2ccc3c(n2)NCCC3)C1)c1cc(Cl)cc(Cl)c1. The third kappa shape index (κ3) is 5.73. The highest BCUT2D eigenvalue weighted by atomic mass is 35.5. The molecule has 2 aromatic rings. The highest BCUT2D eigenvalue weighted by Gasteiger charge is 2.35. The minimum absolute atomic E-state index is 0.0934. The Balaban J connectivity index is 1.28. The number of hydrogen-bond donors (Lipinski definition) is 3. The number of carbonyl (C=O) groups excluding carboxylic acids is 1. The number of rotatable bonds is 8. The molecule has 0 saturated heterocycles. The number of amides is 1. The van der Waals surface area contributed by atoms with Crippen LogP contribution in [0.25, 0.3) is 0 Å². The van der Waals surface area contributed by atoms with Gasteiger partial charge in [-0.15, -0.1) is 0 Å². The number of nitrogens with one attached hydrogen (secondary N) is 2. The molecule has 1 fully saturated rings. The van der Waals surface area contributed by atoms with E-state index in [1.807, 2.05) is 0 Å². The third-order valence-electron chi connectivity index (χ3n) is 6.35. The number of anilines is 1. The molecule has 3 N–H and O–H groups in total. The normalized spacial score (nSPS) is 20.4. The van der Waals surface area contributed by atoms with E-state index in [-0.39, 0.29) is 18.2 Å². The Morgan fingerprint density at radius 1 is 1.19 bits per heavy atom. The summed E-state index contributed by atoms with van der Waals surface area (Å²) in [6.45, 7) is 0.979. The van der Waals surface area contributed by atoms with Gasteiger partial charge in [0.05, 0.1) is 12.5 Å². The van der Waals surface area contributed by atoms with Crippen LogP contribution >= 0.6 is 23.2 Å². The van der Waals surface area contributed by atoms with E-state index in [0.717, 1.165) is 56.6 Å². The van der Waals surface area contributed by atoms with E-state index < -0.39 is 12.0 Å². The molecule has 2 heterocycles. The van der Waals surface area contributed by atoms with Crippen LogP contribution in [0.3, 0.4) is 0 Å². The van der Waals surface area contributed by atoms with E-state index in [4.69, 9.17) is 28.2 Å². The number of carboxylic acid groups (broad SMARTS) is 1. The fourth-order valence-corrected chi connectivity index (χ4v) is 5.08. The van der Waals surface area contributed by atoms with Gasteiger partial charge in [0.15, 0.2) is 0 Å². The van der Waals surface area contributed by atoms with Crippen molar-refractivity contribution in [1.82, 2.24) is 10.3 Å². The van der Waals surface area contributed by atoms with Gasteiger partial charge >= 0.3 is 5.97 Å². The predicted octanol–water partition coefficient (Wildman–Crippen LogP) is 5.04. The van der Waals surface area contributed by atoms with Crippen molar-refractivity contribution in [2.24, 2.45) is 11.8 Å². The maximum atomic E-state index is 12.8. The molecule has 32 heavy (non-hydrogen) atoms. The summed E-state index contributed by atoms with van der Waals surface area (Å²) in [4.78, 5) is 28.8. The number of aliphatic carboxylic acids is 1. The smallest absolute Gasteiger partial charge is 0.305 e. The van der Waals surface area contributed by atoms with Gasteiger partial charge in [0.2, 0.25) is 5.91 Å². The summed E-state index contributed by atoms with van der Waals surface area (Å²) >= 11 is 12.1. The molecule has 1 aliphatic carbocycles. The Kier molecular flexibility index (Phi) is 7.21. The van der Waals surface area contributed by atoms with Crippen molar-refractivity contribution >= 4 is 40.9 Å². The number of hydrogen-bond acceptors (Lipinski definition) is 4. The van der Waals surface area contributed by atoms with Crippen LogP contribution in [-0.4, -0.2) is 28.5 Å². The zero-order chi connectivity index (χ0) is 22.7. The quantitative estimate of drug-likeness (QED) is 0.497. The molecule has 1 aliphatic heterocycles. The van der Waals surface area contributed by atoms with Crippen molar-refractivity contribution in [1.29, 1.82) is 0 Å². The Labute approximate surface area is 197 Å². The molecule has 0 radical (unpaired) electrons. The minimum atomic E-state index is -0.995. The molecule has 2 aliphatic rings. The molecule has 1 saturated carbocycles. The molecule has 1 aromatic heterocycles. The van der Waals surface area contributed by atoms with Crippen molar-refractivity contribution < 1.29 is 14.7 Å². The molecule has 4 rings (SSSR count). The highest BCUT2D eigenvalue weighted by Crippen LogP contribution is 2.38. The molecular weight excluding hydrogens is 449 g/mol. The Bertz CT molecular complexity index is 988. The number of aromatic nitrogens is 1. The molecule has 1 amide bonds. The number of halogens is 2. The second kappa shape index (κ2) is 10.1. The number of aryl methyl sites for hydroxylation is 2. The summed E-state index contributed by atoms with van der Waals surface area (Å²) in [6.07, 6.45) is 5.53. The van der Waals surface area contributed by atoms with E-state index in [2.05, 4.69) is 22.8 Å². The van der Waals surface area contributed by atoms with Gasteiger partial charge in [-0.3, -0.25) is 9.59 Å². The largest absolute Gasteiger partial charge is 0.481 e. The lowest BCUT2D eigenvalue weighted by molar-refractivity contribution is -0.138. The molecule has 170 valence electrons. The highest BCUT2D eigenvalue weighted by molar-refractivity contribution is 6.34. The molecule has 0 spiro atoms. The minimum Gasteiger partial charge on any atom is -0.481 e. The van der Waals surface area contributed by atoms with Crippen LogP contribution in [0.4, 0.5) is 5.82 Å². The van der Waals surface area contributed by atoms with E-state index in [1.54, 1.807) is 18.2 Å². The fraction of sp³-hybridized carbons (Fsp3) is 0.458. The summed E-state index contributed by atoms with van der Waals surface area (Å²) in [7, 11) is 0. The van der Waals surface area contributed by atoms with Crippen LogP contribution in [0.2, 0.25) is 10.0 Å². The van der Waals surface area contributed by atoms with Gasteiger partial charge in [0.1, 0.15) is 5.82 Å². The number of carbonyl (C=O) groups is 2. The number of benzene rings is 1. The van der Waals surface area contributed by atoms with Crippen LogP contribution in [0.5, 0.6) is 0 Å². The number of carboxylic acids is 1. The Morgan fingerprint density at radius 3 is 2.66 bits per heavy atom. The van der Waals surface area contributed by atoms with Crippen molar-refractivity contribution in [2.75, 3.05) is 11.9 Å². The monoisotopic (exact) mass is 475 g/mol. The van der Waals surface area contributed by atoms with Gasteiger partial charge in [-0.2, -0.15) is 0 Å². The summed E-state index contributed by atoms with van der Waals surface area (Å²) < 4.78 is 0. The standard InChI is InChI=1S/C24H27Cl2N3O3/c25-18-10-16(11-19(26)12-18)21(13-22(30)31)29-24(32)17-8-14(9-17)3-5-20-6-4-15-2-1-7-27-23(15)28-20/h4,6,10-12,14,17,21H,1-3,5,7-9,13H2,(H,27,28)(H,29,32)(H,30,31)/t14-,17-,21-/m0/s1. The van der Waals surface area contributed by atoms with Crippen LogP contribution < -0.4 is 10.6 Å². The van der Waals surface area contributed by atoms with E-state index >= 15 is 0 Å². The summed E-state index contributed by atoms with van der Waals surface area (Å²) in [5.41, 5.74) is 2.98. The summed E-state index contributed by atoms with van der Waals surface area (Å²) in [5, 5.41) is 16.4. The van der Waals surface area contributed by atoms with Crippen LogP contribution in [0.1, 0.15) is 55.0 Å². The molecule has 0 unspecified atom stereocenters. The lowest BCUT2D eigenvalue weighted by Gasteiger charge is -2.35. The lowest BCUT2D eigenvalue weighted by atomic mass is 9.72. The van der Waals surface area contributed by atoms with E-state index in [0.29, 0.717) is 21.5 Å². The van der Waals surface area contributed by atoms with Gasteiger partial charge in [-0.05, 0) is 79.8 Å². The van der Waals surface area contributed by atoms with Crippen molar-refractivity contribution in [3.8, 4) is 0 Å². The van der Waals surface area contributed by atoms with Crippen molar-refractivity contribution in [2.45, 2.75) is 51.0 Å². The van der Waals surface area contributed by atoms with Crippen LogP contribution in [0.15, 0.2) is 30.3 Å². The zero-order valence-corrected chi connectivity index (χ0v) is 19.3. The number of pyridine rings is 1. The maximum Gasteiger partial charge on any atom is 0.305 e. The summed E-state index contributed by atoms with van der Waals surface area (Å²) in [5.74, 6) is 0.300. The first-order chi connectivity index (χ1) is 15.4. The first-order valence-electron chi connectivity index (χ1n) is 11.1. The average Bonchev–Trinajstić information content (AvgIpc) is 2.71. The van der Waals surface area contributed by atoms with E-state index in [1.165, 1.54) is 5.56 Å². The van der Waals surface area contributed by atoms with Gasteiger partial charge in [0.25, 0.3) is 0 Å². The van der Waals surface area contributed by atoms with Gasteiger partial charge in [-0.25, -0.2) is 4.98 Å². The third-order valence-corrected chi connectivity index (χ3v) is 6.79. The van der Waals surface area contributed by atoms with Crippen molar-refractivity contribution in [3.05, 3.63) is 57.2 Å². The Morgan fingerprint density at radius 2 is 1.94 bits per heavy atom. The van der Waals surface area contributed by atoms with Crippen molar-refractivity contribution in [3.63, 3.8) is 0 Å². The number of fused-ring (bicyclic) bond motifs is 1. The first-order valence-corrected chi connectivity index (χ1v) is 11.8. The summed E-state index contributed by atoms with van der Waals surface area (Å²) in [6, 6.07) is 8.49. The lowest BCUT2D eigenvalue weighted by Crippen LogP contribution is -2.41. The Hall–Kier alpha value is -2.31. The molecular formula is C24H27Cl2N3O3. The zero-order valence-electron chi connectivity index (χ0n) is 17.7.